The van der Waals surface area contributed by atoms with Gasteiger partial charge in [0.15, 0.2) is 0 Å². The molecule has 0 saturated carbocycles. The molecule has 0 atom stereocenters. The molecule has 0 unspecified atom stereocenters. The minimum atomic E-state index is -0.273. The summed E-state index contributed by atoms with van der Waals surface area (Å²) in [4.78, 5) is 9.51. The average Bonchev–Trinajstić information content (AvgIpc) is 3.15. The van der Waals surface area contributed by atoms with Crippen LogP contribution in [-0.2, 0) is 7.05 Å². The molecule has 114 valence electrons. The number of hydrogen-bond acceptors (Lipinski definition) is 7. The predicted molar refractivity (Wildman–Crippen MR) is 85.7 cm³/mol. The first-order valence-corrected chi connectivity index (χ1v) is 8.30. The molecule has 0 aliphatic heterocycles. The molecule has 0 aliphatic carbocycles. The molecule has 3 heterocycles. The molecule has 4 aromatic rings. The van der Waals surface area contributed by atoms with Crippen LogP contribution in [0.1, 0.15) is 0 Å². The Bertz CT molecular complexity index is 996. The maximum Gasteiger partial charge on any atom is 0.215 e. The van der Waals surface area contributed by atoms with Crippen LogP contribution in [0.4, 0.5) is 4.39 Å². The second kappa shape index (κ2) is 5.67. The Kier molecular flexibility index (Phi) is 3.50. The van der Waals surface area contributed by atoms with Gasteiger partial charge in [-0.2, -0.15) is 0 Å². The summed E-state index contributed by atoms with van der Waals surface area (Å²) in [7, 11) is 1.77. The fourth-order valence-corrected chi connectivity index (χ4v) is 4.00. The Balaban J connectivity index is 1.89. The standard InChI is InChI=1S/C14H9FN6S2/c1-21-14(18-19-20-21)23-13-11-10(6-22-12(11)16-7-17-13)8-3-2-4-9(15)5-8/h2-7H,1H3. The van der Waals surface area contributed by atoms with Gasteiger partial charge in [0, 0.05) is 18.0 Å². The third-order valence-corrected chi connectivity index (χ3v) is 5.16. The Labute approximate surface area is 138 Å². The maximum absolute atomic E-state index is 13.6. The molecule has 4 rings (SSSR count). The van der Waals surface area contributed by atoms with E-state index in [1.165, 1.54) is 41.6 Å². The zero-order valence-electron chi connectivity index (χ0n) is 11.8. The van der Waals surface area contributed by atoms with Crippen LogP contribution in [-0.4, -0.2) is 30.2 Å². The first kappa shape index (κ1) is 14.2. The molecule has 23 heavy (non-hydrogen) atoms. The van der Waals surface area contributed by atoms with E-state index in [1.807, 2.05) is 11.4 Å². The van der Waals surface area contributed by atoms with Crippen molar-refractivity contribution in [3.8, 4) is 11.1 Å². The Hall–Kier alpha value is -2.39. The van der Waals surface area contributed by atoms with Crippen LogP contribution in [0, 0.1) is 5.82 Å². The quantitative estimate of drug-likeness (QED) is 0.532. The first-order chi connectivity index (χ1) is 11.2. The number of aryl methyl sites for hydroxylation is 1. The van der Waals surface area contributed by atoms with Gasteiger partial charge in [-0.15, -0.1) is 16.4 Å². The van der Waals surface area contributed by atoms with E-state index in [1.54, 1.807) is 17.8 Å². The maximum atomic E-state index is 13.6. The van der Waals surface area contributed by atoms with Crippen LogP contribution < -0.4 is 0 Å². The highest BCUT2D eigenvalue weighted by molar-refractivity contribution is 7.99. The van der Waals surface area contributed by atoms with Crippen LogP contribution >= 0.6 is 23.1 Å². The molecule has 3 aromatic heterocycles. The third-order valence-electron chi connectivity index (χ3n) is 3.24. The second-order valence-corrected chi connectivity index (χ2v) is 6.52. The van der Waals surface area contributed by atoms with Crippen molar-refractivity contribution in [2.75, 3.05) is 0 Å². The molecule has 9 heteroatoms. The van der Waals surface area contributed by atoms with Crippen LogP contribution in [0.25, 0.3) is 21.3 Å². The van der Waals surface area contributed by atoms with Crippen molar-refractivity contribution in [2.24, 2.45) is 7.05 Å². The minimum Gasteiger partial charge on any atom is -0.229 e. The van der Waals surface area contributed by atoms with E-state index < -0.39 is 0 Å². The van der Waals surface area contributed by atoms with E-state index in [4.69, 9.17) is 0 Å². The van der Waals surface area contributed by atoms with Crippen molar-refractivity contribution in [1.29, 1.82) is 0 Å². The summed E-state index contributed by atoms with van der Waals surface area (Å²) in [6.07, 6.45) is 1.51. The minimum absolute atomic E-state index is 0.273. The number of hydrogen-bond donors (Lipinski definition) is 0. The summed E-state index contributed by atoms with van der Waals surface area (Å²) in [6.45, 7) is 0. The Morgan fingerprint density at radius 1 is 1.26 bits per heavy atom. The van der Waals surface area contributed by atoms with Crippen molar-refractivity contribution in [2.45, 2.75) is 10.2 Å². The van der Waals surface area contributed by atoms with Gasteiger partial charge in [-0.3, -0.25) is 0 Å². The van der Waals surface area contributed by atoms with Gasteiger partial charge in [-0.05, 0) is 39.9 Å². The molecule has 6 nitrogen and oxygen atoms in total. The lowest BCUT2D eigenvalue weighted by atomic mass is 10.1. The van der Waals surface area contributed by atoms with Gasteiger partial charge in [-0.25, -0.2) is 19.0 Å². The molecular formula is C14H9FN6S2. The van der Waals surface area contributed by atoms with Crippen LogP contribution in [0.5, 0.6) is 0 Å². The number of nitrogens with zero attached hydrogens (tertiary/aromatic N) is 6. The van der Waals surface area contributed by atoms with E-state index in [0.717, 1.165) is 26.4 Å². The van der Waals surface area contributed by atoms with E-state index in [9.17, 15) is 4.39 Å². The van der Waals surface area contributed by atoms with Crippen LogP contribution in [0.2, 0.25) is 0 Å². The summed E-state index contributed by atoms with van der Waals surface area (Å²) in [5, 5.41) is 15.6. The predicted octanol–water partition coefficient (Wildman–Crippen LogP) is 3.17. The molecule has 0 spiro atoms. The van der Waals surface area contributed by atoms with Crippen LogP contribution in [0.3, 0.4) is 0 Å². The van der Waals surface area contributed by atoms with Gasteiger partial charge in [0.2, 0.25) is 5.16 Å². The number of halogens is 1. The van der Waals surface area contributed by atoms with Gasteiger partial charge in [0.25, 0.3) is 0 Å². The number of rotatable bonds is 3. The van der Waals surface area contributed by atoms with E-state index in [0.29, 0.717) is 5.16 Å². The fraction of sp³-hybridized carbons (Fsp3) is 0.0714. The zero-order valence-corrected chi connectivity index (χ0v) is 13.5. The largest absolute Gasteiger partial charge is 0.229 e. The average molecular weight is 344 g/mol. The Morgan fingerprint density at radius 3 is 2.96 bits per heavy atom. The molecule has 1 aromatic carbocycles. The van der Waals surface area contributed by atoms with Gasteiger partial charge >= 0.3 is 0 Å². The third kappa shape index (κ3) is 2.57. The summed E-state index contributed by atoms with van der Waals surface area (Å²) >= 11 is 2.86. The summed E-state index contributed by atoms with van der Waals surface area (Å²) < 4.78 is 15.1. The van der Waals surface area contributed by atoms with E-state index in [2.05, 4.69) is 25.5 Å². The van der Waals surface area contributed by atoms with Crippen molar-refractivity contribution >= 4 is 33.3 Å². The first-order valence-electron chi connectivity index (χ1n) is 6.61. The smallest absolute Gasteiger partial charge is 0.215 e. The number of thiophene rings is 1. The molecule has 0 bridgehead atoms. The van der Waals surface area contributed by atoms with Crippen molar-refractivity contribution in [1.82, 2.24) is 30.2 Å². The molecule has 0 fully saturated rings. The van der Waals surface area contributed by atoms with E-state index >= 15 is 0 Å². The molecule has 0 amide bonds. The lowest BCUT2D eigenvalue weighted by Crippen LogP contribution is -1.94. The molecule has 0 saturated heterocycles. The highest BCUT2D eigenvalue weighted by Crippen LogP contribution is 2.39. The highest BCUT2D eigenvalue weighted by atomic mass is 32.2. The van der Waals surface area contributed by atoms with Crippen molar-refractivity contribution in [3.05, 3.63) is 41.8 Å². The summed E-state index contributed by atoms with van der Waals surface area (Å²) in [5.74, 6) is -0.273. The van der Waals surface area contributed by atoms with Gasteiger partial charge in [0.05, 0.1) is 5.39 Å². The lowest BCUT2D eigenvalue weighted by molar-refractivity contribution is 0.628. The zero-order chi connectivity index (χ0) is 15.8. The topological polar surface area (TPSA) is 69.4 Å². The van der Waals surface area contributed by atoms with Gasteiger partial charge in [-0.1, -0.05) is 12.1 Å². The lowest BCUT2D eigenvalue weighted by Gasteiger charge is -2.04. The highest BCUT2D eigenvalue weighted by Gasteiger charge is 2.16. The van der Waals surface area contributed by atoms with Gasteiger partial charge < -0.3 is 0 Å². The fourth-order valence-electron chi connectivity index (χ4n) is 2.19. The summed E-state index contributed by atoms with van der Waals surface area (Å²) in [6, 6.07) is 6.50. The normalized spacial score (nSPS) is 11.2. The number of fused-ring (bicyclic) bond motifs is 1. The van der Waals surface area contributed by atoms with Crippen LogP contribution in [0.15, 0.2) is 46.2 Å². The monoisotopic (exact) mass is 344 g/mol. The number of tetrazole rings is 1. The van der Waals surface area contributed by atoms with E-state index in [-0.39, 0.29) is 5.82 Å². The molecular weight excluding hydrogens is 335 g/mol. The van der Waals surface area contributed by atoms with Crippen molar-refractivity contribution in [3.63, 3.8) is 0 Å². The molecule has 0 aliphatic rings. The summed E-state index contributed by atoms with van der Waals surface area (Å²) in [5.41, 5.74) is 1.70. The number of benzene rings is 1. The molecule has 0 radical (unpaired) electrons. The van der Waals surface area contributed by atoms with Crippen molar-refractivity contribution < 1.29 is 4.39 Å². The SMILES string of the molecule is Cn1nnnc1Sc1ncnc2scc(-c3cccc(F)c3)c12. The second-order valence-electron chi connectivity index (χ2n) is 4.71. The molecule has 0 N–H and O–H groups in total. The van der Waals surface area contributed by atoms with Gasteiger partial charge in [0.1, 0.15) is 22.0 Å². The Morgan fingerprint density at radius 2 is 2.17 bits per heavy atom. The number of aromatic nitrogens is 6.